The van der Waals surface area contributed by atoms with Gasteiger partial charge in [-0.3, -0.25) is 0 Å². The Hall–Kier alpha value is -3.22. The smallest absolute Gasteiger partial charge is 0.407 e. The molecular formula is C27H35N5O6S. The average Bonchev–Trinajstić information content (AvgIpc) is 3.34. The Kier molecular flexibility index (Phi) is 7.53. The molecule has 5 heterocycles. The van der Waals surface area contributed by atoms with Crippen LogP contribution in [0.3, 0.4) is 0 Å². The van der Waals surface area contributed by atoms with E-state index in [1.807, 2.05) is 30.3 Å². The van der Waals surface area contributed by atoms with Gasteiger partial charge in [-0.05, 0) is 55.2 Å². The van der Waals surface area contributed by atoms with Crippen molar-refractivity contribution in [1.29, 1.82) is 0 Å². The maximum absolute atomic E-state index is 13.3. The van der Waals surface area contributed by atoms with Crippen molar-refractivity contribution in [2.75, 3.05) is 51.2 Å². The molecule has 1 atom stereocenters. The Bertz CT molecular complexity index is 1470. The number of amides is 1. The number of H-pyrrole nitrogens is 1. The predicted octanol–water partition coefficient (Wildman–Crippen LogP) is 3.40. The molecular weight excluding hydrogens is 522 g/mol. The van der Waals surface area contributed by atoms with Crippen LogP contribution < -0.4 is 4.90 Å². The second-order valence-corrected chi connectivity index (χ2v) is 12.7. The van der Waals surface area contributed by atoms with E-state index < -0.39 is 20.7 Å². The van der Waals surface area contributed by atoms with Crippen molar-refractivity contribution in [1.82, 2.24) is 19.9 Å². The monoisotopic (exact) mass is 557 g/mol. The molecule has 3 aromatic rings. The Balaban J connectivity index is 1.63. The summed E-state index contributed by atoms with van der Waals surface area (Å²) in [6.45, 7) is 4.87. The van der Waals surface area contributed by atoms with Crippen LogP contribution in [0.2, 0.25) is 0 Å². The lowest BCUT2D eigenvalue weighted by atomic mass is 9.90. The van der Waals surface area contributed by atoms with Crippen LogP contribution in [0.5, 0.6) is 0 Å². The number of ether oxygens (including phenoxy) is 2. The van der Waals surface area contributed by atoms with Crippen LogP contribution in [0.15, 0.2) is 30.3 Å². The highest BCUT2D eigenvalue weighted by Crippen LogP contribution is 2.42. The first-order valence-corrected chi connectivity index (χ1v) is 15.1. The van der Waals surface area contributed by atoms with Gasteiger partial charge in [0.2, 0.25) is 0 Å². The zero-order valence-corrected chi connectivity index (χ0v) is 23.3. The minimum Gasteiger partial charge on any atom is -0.465 e. The first kappa shape index (κ1) is 27.4. The van der Waals surface area contributed by atoms with E-state index in [2.05, 4.69) is 16.8 Å². The molecule has 0 aromatic carbocycles. The molecule has 11 nitrogen and oxygen atoms in total. The van der Waals surface area contributed by atoms with Crippen LogP contribution >= 0.6 is 0 Å². The lowest BCUT2D eigenvalue weighted by molar-refractivity contribution is 0.0741. The number of sulfone groups is 1. The van der Waals surface area contributed by atoms with Crippen LogP contribution in [0.25, 0.3) is 22.4 Å². The number of carbonyl (C=O) groups is 1. The molecule has 1 amide bonds. The van der Waals surface area contributed by atoms with E-state index >= 15 is 0 Å². The highest BCUT2D eigenvalue weighted by molar-refractivity contribution is 7.91. The van der Waals surface area contributed by atoms with Gasteiger partial charge in [0.15, 0.2) is 9.84 Å². The summed E-state index contributed by atoms with van der Waals surface area (Å²) >= 11 is 0. The lowest BCUT2D eigenvalue weighted by Crippen LogP contribution is -2.46. The molecule has 3 aromatic heterocycles. The van der Waals surface area contributed by atoms with Gasteiger partial charge in [0.1, 0.15) is 10.6 Å². The summed E-state index contributed by atoms with van der Waals surface area (Å²) in [6, 6.07) is 9.49. The molecule has 0 spiro atoms. The third-order valence-corrected chi connectivity index (χ3v) is 9.93. The fourth-order valence-corrected chi connectivity index (χ4v) is 7.00. The summed E-state index contributed by atoms with van der Waals surface area (Å²) in [4.78, 5) is 27.7. The molecule has 5 rings (SSSR count). The topological polar surface area (TPSA) is 138 Å². The molecule has 0 bridgehead atoms. The Morgan fingerprint density at radius 3 is 2.62 bits per heavy atom. The van der Waals surface area contributed by atoms with Crippen molar-refractivity contribution in [3.63, 3.8) is 0 Å². The summed E-state index contributed by atoms with van der Waals surface area (Å²) in [7, 11) is -1.98. The number of nitrogens with zero attached hydrogens (tertiary/aromatic N) is 4. The lowest BCUT2D eigenvalue weighted by Gasteiger charge is -2.39. The van der Waals surface area contributed by atoms with Crippen molar-refractivity contribution in [3.8, 4) is 11.4 Å². The minimum absolute atomic E-state index is 0.132. The Labute approximate surface area is 228 Å². The minimum atomic E-state index is -3.49. The van der Waals surface area contributed by atoms with E-state index in [9.17, 15) is 18.3 Å². The summed E-state index contributed by atoms with van der Waals surface area (Å²) in [6.07, 6.45) is 1.91. The predicted molar refractivity (Wildman–Crippen MR) is 148 cm³/mol. The van der Waals surface area contributed by atoms with E-state index in [0.29, 0.717) is 74.1 Å². The highest BCUT2D eigenvalue weighted by Gasteiger charge is 2.44. The van der Waals surface area contributed by atoms with Gasteiger partial charge >= 0.3 is 6.09 Å². The zero-order chi connectivity index (χ0) is 27.8. The van der Waals surface area contributed by atoms with Crippen LogP contribution in [0, 0.1) is 0 Å². The molecule has 2 aliphatic heterocycles. The molecule has 1 unspecified atom stereocenters. The van der Waals surface area contributed by atoms with Gasteiger partial charge in [-0.15, -0.1) is 0 Å². The van der Waals surface area contributed by atoms with Crippen molar-refractivity contribution < 1.29 is 27.8 Å². The molecule has 210 valence electrons. The summed E-state index contributed by atoms with van der Waals surface area (Å²) in [5.41, 5.74) is 4.08. The number of hydrogen-bond donors (Lipinski definition) is 2. The van der Waals surface area contributed by atoms with Crippen LogP contribution in [0.4, 0.5) is 10.6 Å². The number of aromatic amines is 1. The van der Waals surface area contributed by atoms with E-state index in [0.717, 1.165) is 17.6 Å². The molecule has 12 heteroatoms. The first-order chi connectivity index (χ1) is 18.6. The maximum Gasteiger partial charge on any atom is 0.407 e. The van der Waals surface area contributed by atoms with Gasteiger partial charge in [0.25, 0.3) is 0 Å². The third-order valence-electron chi connectivity index (χ3n) is 7.87. The molecule has 0 saturated carbocycles. The first-order valence-electron chi connectivity index (χ1n) is 13.2. The molecule has 2 saturated heterocycles. The number of aromatic nitrogens is 3. The second-order valence-electron chi connectivity index (χ2n) is 10.4. The number of fused-ring (bicyclic) bond motifs is 1. The van der Waals surface area contributed by atoms with Crippen molar-refractivity contribution in [2.45, 2.75) is 43.5 Å². The largest absolute Gasteiger partial charge is 0.465 e. The zero-order valence-electron chi connectivity index (χ0n) is 22.5. The van der Waals surface area contributed by atoms with E-state index in [4.69, 9.17) is 19.4 Å². The molecule has 39 heavy (non-hydrogen) atoms. The van der Waals surface area contributed by atoms with Crippen molar-refractivity contribution in [2.24, 2.45) is 0 Å². The van der Waals surface area contributed by atoms with Crippen LogP contribution in [0.1, 0.15) is 37.4 Å². The molecule has 0 radical (unpaired) electrons. The number of anilines is 1. The van der Waals surface area contributed by atoms with Crippen LogP contribution in [-0.4, -0.2) is 91.8 Å². The second kappa shape index (κ2) is 10.7. The molecule has 2 aliphatic rings. The van der Waals surface area contributed by atoms with Crippen molar-refractivity contribution >= 4 is 32.8 Å². The number of carboxylic acid groups (broad SMARTS) is 1. The average molecular weight is 558 g/mol. The van der Waals surface area contributed by atoms with E-state index in [-0.39, 0.29) is 12.6 Å². The maximum atomic E-state index is 13.3. The summed E-state index contributed by atoms with van der Waals surface area (Å²) < 4.78 is 36.8. The number of rotatable bonds is 7. The Morgan fingerprint density at radius 1 is 1.15 bits per heavy atom. The van der Waals surface area contributed by atoms with E-state index in [1.54, 1.807) is 0 Å². The van der Waals surface area contributed by atoms with Gasteiger partial charge in [0.05, 0.1) is 48.2 Å². The molecule has 2 N–H and O–H groups in total. The fraction of sp³-hybridized carbons (Fsp3) is 0.519. The van der Waals surface area contributed by atoms with Gasteiger partial charge < -0.3 is 29.4 Å². The van der Waals surface area contributed by atoms with Gasteiger partial charge in [0, 0.05) is 38.8 Å². The quantitative estimate of drug-likeness (QED) is 0.448. The van der Waals surface area contributed by atoms with Gasteiger partial charge in [-0.1, -0.05) is 6.92 Å². The summed E-state index contributed by atoms with van der Waals surface area (Å²) in [5.74, 6) is 0.715. The number of nitrogens with one attached hydrogen (secondary N) is 1. The molecule has 2 fully saturated rings. The normalized spacial score (nSPS) is 19.8. The van der Waals surface area contributed by atoms with Gasteiger partial charge in [-0.25, -0.2) is 23.2 Å². The number of morpholine rings is 1. The third kappa shape index (κ3) is 5.32. The summed E-state index contributed by atoms with van der Waals surface area (Å²) in [5, 5.41) is 9.22. The van der Waals surface area contributed by atoms with Crippen LogP contribution in [-0.2, 0) is 30.6 Å². The molecule has 0 aliphatic carbocycles. The SMILES string of the molecule is CCC1COCCN1c1cc(C2(S(C)(=O)=O)CCOCC2)cc(-c2ccc3[nH]c(CN(C)C(=O)O)cc3n2)n1. The number of pyridine rings is 2. The highest BCUT2D eigenvalue weighted by atomic mass is 32.2. The Morgan fingerprint density at radius 2 is 1.92 bits per heavy atom. The van der Waals surface area contributed by atoms with E-state index in [1.165, 1.54) is 18.2 Å². The van der Waals surface area contributed by atoms with Crippen molar-refractivity contribution in [3.05, 3.63) is 41.6 Å². The standard InChI is InChI=1S/C27H35N5O6S/c1-4-20-17-38-12-9-32(20)25-14-18(27(39(3,35)36)7-10-37-11-8-27)13-23(30-25)22-6-5-21-24(29-22)15-19(28-21)16-31(2)26(33)34/h5-6,13-15,20,28H,4,7-12,16-17H2,1-3H3,(H,33,34). The van der Waals surface area contributed by atoms with Gasteiger partial charge in [-0.2, -0.15) is 0 Å². The number of hydrogen-bond acceptors (Lipinski definition) is 8. The fourth-order valence-electron chi connectivity index (χ4n) is 5.54.